The Morgan fingerprint density at radius 3 is 2.45 bits per heavy atom. The van der Waals surface area contributed by atoms with Gasteiger partial charge in [0, 0.05) is 5.56 Å². The van der Waals surface area contributed by atoms with Gasteiger partial charge in [-0.2, -0.15) is 0 Å². The molecule has 0 heterocycles. The zero-order chi connectivity index (χ0) is 14.2. The summed E-state index contributed by atoms with van der Waals surface area (Å²) < 4.78 is 5.44. The fraction of sp³-hybridized carbons (Fsp3) is 0.0588. The SMILES string of the molecule is O=Cc1ccccc1OC/C=C/C(=O)c1ccccc1. The molecule has 0 aliphatic rings. The summed E-state index contributed by atoms with van der Waals surface area (Å²) in [6, 6.07) is 16.0. The molecule has 0 bridgehead atoms. The number of carbonyl (C=O) groups excluding carboxylic acids is 2. The summed E-state index contributed by atoms with van der Waals surface area (Å²) in [6.45, 7) is 0.240. The lowest BCUT2D eigenvalue weighted by Crippen LogP contribution is -1.99. The molecule has 2 aromatic rings. The standard InChI is InChI=1S/C17H14O3/c18-13-15-9-4-5-11-17(15)20-12-6-10-16(19)14-7-2-1-3-8-14/h1-11,13H,12H2/b10-6+. The molecule has 0 aromatic heterocycles. The number of hydrogen-bond acceptors (Lipinski definition) is 3. The van der Waals surface area contributed by atoms with Gasteiger partial charge in [0.1, 0.15) is 12.4 Å². The molecule has 100 valence electrons. The Bertz CT molecular complexity index is 615. The minimum absolute atomic E-state index is 0.0714. The van der Waals surface area contributed by atoms with E-state index < -0.39 is 0 Å². The third-order valence-corrected chi connectivity index (χ3v) is 2.71. The minimum Gasteiger partial charge on any atom is -0.489 e. The molecule has 2 aromatic carbocycles. The van der Waals surface area contributed by atoms with E-state index in [2.05, 4.69) is 0 Å². The van der Waals surface area contributed by atoms with Crippen LogP contribution in [0.4, 0.5) is 0 Å². The van der Waals surface area contributed by atoms with Gasteiger partial charge in [0.25, 0.3) is 0 Å². The van der Waals surface area contributed by atoms with E-state index in [-0.39, 0.29) is 12.4 Å². The van der Waals surface area contributed by atoms with E-state index in [4.69, 9.17) is 4.74 Å². The Morgan fingerprint density at radius 2 is 1.70 bits per heavy atom. The van der Waals surface area contributed by atoms with Crippen LogP contribution in [0.5, 0.6) is 5.75 Å². The van der Waals surface area contributed by atoms with Crippen LogP contribution in [0.1, 0.15) is 20.7 Å². The summed E-state index contributed by atoms with van der Waals surface area (Å²) in [5.74, 6) is 0.442. The van der Waals surface area contributed by atoms with Gasteiger partial charge in [-0.1, -0.05) is 42.5 Å². The zero-order valence-electron chi connectivity index (χ0n) is 10.9. The quantitative estimate of drug-likeness (QED) is 0.457. The summed E-state index contributed by atoms with van der Waals surface area (Å²) >= 11 is 0. The summed E-state index contributed by atoms with van der Waals surface area (Å²) in [7, 11) is 0. The third-order valence-electron chi connectivity index (χ3n) is 2.71. The first-order chi connectivity index (χ1) is 9.81. The normalized spacial score (nSPS) is 10.4. The predicted octanol–water partition coefficient (Wildman–Crippen LogP) is 3.32. The molecule has 3 heteroatoms. The highest BCUT2D eigenvalue weighted by atomic mass is 16.5. The molecule has 0 aliphatic carbocycles. The van der Waals surface area contributed by atoms with Gasteiger partial charge in [-0.15, -0.1) is 0 Å². The van der Waals surface area contributed by atoms with E-state index in [0.717, 1.165) is 6.29 Å². The van der Waals surface area contributed by atoms with Crippen molar-refractivity contribution >= 4 is 12.1 Å². The van der Waals surface area contributed by atoms with Crippen LogP contribution in [0, 0.1) is 0 Å². The van der Waals surface area contributed by atoms with E-state index in [1.807, 2.05) is 18.2 Å². The molecule has 0 saturated carbocycles. The summed E-state index contributed by atoms with van der Waals surface area (Å²) in [6.07, 6.45) is 3.85. The van der Waals surface area contributed by atoms with Gasteiger partial charge in [0.05, 0.1) is 5.56 Å². The summed E-state index contributed by atoms with van der Waals surface area (Å²) in [5, 5.41) is 0. The van der Waals surface area contributed by atoms with Gasteiger partial charge in [-0.25, -0.2) is 0 Å². The molecule has 0 atom stereocenters. The van der Waals surface area contributed by atoms with Crippen LogP contribution in [0.15, 0.2) is 66.7 Å². The first kappa shape index (κ1) is 13.7. The Balaban J connectivity index is 1.91. The molecule has 0 fully saturated rings. The number of carbonyl (C=O) groups is 2. The monoisotopic (exact) mass is 266 g/mol. The second kappa shape index (κ2) is 7.04. The van der Waals surface area contributed by atoms with Crippen molar-refractivity contribution in [1.29, 1.82) is 0 Å². The largest absolute Gasteiger partial charge is 0.489 e. The number of aldehydes is 1. The lowest BCUT2D eigenvalue weighted by molar-refractivity contribution is 0.104. The Hall–Kier alpha value is -2.68. The number of ether oxygens (including phenoxy) is 1. The molecule has 0 N–H and O–H groups in total. The number of ketones is 1. The van der Waals surface area contributed by atoms with Gasteiger partial charge >= 0.3 is 0 Å². The Kier molecular flexibility index (Phi) is 4.84. The zero-order valence-corrected chi connectivity index (χ0v) is 10.9. The van der Waals surface area contributed by atoms with Crippen molar-refractivity contribution in [3.63, 3.8) is 0 Å². The van der Waals surface area contributed by atoms with Crippen molar-refractivity contribution < 1.29 is 14.3 Å². The number of para-hydroxylation sites is 1. The molecule has 0 saturated heterocycles. The molecular formula is C17H14O3. The number of allylic oxidation sites excluding steroid dienone is 1. The lowest BCUT2D eigenvalue weighted by Gasteiger charge is -2.04. The van der Waals surface area contributed by atoms with Crippen molar-refractivity contribution in [2.75, 3.05) is 6.61 Å². The molecule has 3 nitrogen and oxygen atoms in total. The molecule has 0 amide bonds. The van der Waals surface area contributed by atoms with Crippen LogP contribution in [-0.4, -0.2) is 18.7 Å². The molecule has 2 rings (SSSR count). The Labute approximate surface area is 117 Å². The second-order valence-corrected chi connectivity index (χ2v) is 4.10. The topological polar surface area (TPSA) is 43.4 Å². The van der Waals surface area contributed by atoms with E-state index >= 15 is 0 Å². The maximum absolute atomic E-state index is 11.8. The first-order valence-corrected chi connectivity index (χ1v) is 6.24. The molecule has 0 radical (unpaired) electrons. The molecule has 0 aliphatic heterocycles. The van der Waals surface area contributed by atoms with Crippen molar-refractivity contribution in [2.24, 2.45) is 0 Å². The van der Waals surface area contributed by atoms with Gasteiger partial charge in [0.2, 0.25) is 0 Å². The highest BCUT2D eigenvalue weighted by Gasteiger charge is 2.01. The molecule has 20 heavy (non-hydrogen) atoms. The van der Waals surface area contributed by atoms with Crippen molar-refractivity contribution in [3.8, 4) is 5.75 Å². The fourth-order valence-corrected chi connectivity index (χ4v) is 1.70. The molecule has 0 spiro atoms. The first-order valence-electron chi connectivity index (χ1n) is 6.24. The van der Waals surface area contributed by atoms with Crippen LogP contribution in [0.25, 0.3) is 0 Å². The van der Waals surface area contributed by atoms with E-state index in [9.17, 15) is 9.59 Å². The van der Waals surface area contributed by atoms with Gasteiger partial charge < -0.3 is 4.74 Å². The lowest BCUT2D eigenvalue weighted by atomic mass is 10.1. The average molecular weight is 266 g/mol. The van der Waals surface area contributed by atoms with Gasteiger partial charge in [-0.05, 0) is 24.3 Å². The highest BCUT2D eigenvalue weighted by Crippen LogP contribution is 2.15. The molecular weight excluding hydrogens is 252 g/mol. The van der Waals surface area contributed by atoms with Crippen LogP contribution in [0.2, 0.25) is 0 Å². The van der Waals surface area contributed by atoms with Crippen LogP contribution < -0.4 is 4.74 Å². The van der Waals surface area contributed by atoms with E-state index in [1.54, 1.807) is 42.5 Å². The van der Waals surface area contributed by atoms with Crippen molar-refractivity contribution in [2.45, 2.75) is 0 Å². The maximum atomic E-state index is 11.8. The van der Waals surface area contributed by atoms with Gasteiger partial charge in [-0.3, -0.25) is 9.59 Å². The highest BCUT2D eigenvalue weighted by molar-refractivity contribution is 6.04. The average Bonchev–Trinajstić information content (AvgIpc) is 2.52. The number of hydrogen-bond donors (Lipinski definition) is 0. The van der Waals surface area contributed by atoms with Crippen molar-refractivity contribution in [3.05, 3.63) is 77.9 Å². The predicted molar refractivity (Wildman–Crippen MR) is 77.2 cm³/mol. The molecule has 0 unspecified atom stereocenters. The van der Waals surface area contributed by atoms with E-state index in [1.165, 1.54) is 6.08 Å². The van der Waals surface area contributed by atoms with Gasteiger partial charge in [0.15, 0.2) is 12.1 Å². The van der Waals surface area contributed by atoms with Crippen molar-refractivity contribution in [1.82, 2.24) is 0 Å². The smallest absolute Gasteiger partial charge is 0.185 e. The maximum Gasteiger partial charge on any atom is 0.185 e. The third kappa shape index (κ3) is 3.65. The minimum atomic E-state index is -0.0714. The number of benzene rings is 2. The van der Waals surface area contributed by atoms with Crippen LogP contribution >= 0.6 is 0 Å². The van der Waals surface area contributed by atoms with Crippen LogP contribution in [-0.2, 0) is 0 Å². The summed E-state index contributed by atoms with van der Waals surface area (Å²) in [5.41, 5.74) is 1.13. The second-order valence-electron chi connectivity index (χ2n) is 4.10. The Morgan fingerprint density at radius 1 is 1.00 bits per heavy atom. The van der Waals surface area contributed by atoms with E-state index in [0.29, 0.717) is 16.9 Å². The van der Waals surface area contributed by atoms with Crippen LogP contribution in [0.3, 0.4) is 0 Å². The number of rotatable bonds is 6. The fourth-order valence-electron chi connectivity index (χ4n) is 1.70. The summed E-state index contributed by atoms with van der Waals surface area (Å²) in [4.78, 5) is 22.6.